The molecule has 0 spiro atoms. The van der Waals surface area contributed by atoms with E-state index >= 15 is 0 Å². The lowest BCUT2D eigenvalue weighted by Gasteiger charge is -2.18. The average molecular weight is 175 g/mol. The molecule has 0 heterocycles. The maximum Gasteiger partial charge on any atom is 0.257 e. The van der Waals surface area contributed by atoms with Gasteiger partial charge in [-0.2, -0.15) is 0 Å². The van der Waals surface area contributed by atoms with Crippen molar-refractivity contribution in [3.63, 3.8) is 0 Å². The Bertz CT molecular complexity index is 139. The number of nitrogens with two attached hydrogens (primary N) is 1. The van der Waals surface area contributed by atoms with Gasteiger partial charge >= 0.3 is 0 Å². The van der Waals surface area contributed by atoms with Crippen LogP contribution in [0.2, 0.25) is 0 Å². The zero-order valence-electron chi connectivity index (χ0n) is 7.91. The third kappa shape index (κ3) is 4.02. The second kappa shape index (κ2) is 6.72. The van der Waals surface area contributed by atoms with E-state index in [4.69, 9.17) is 15.4 Å². The number of guanidine groups is 1. The molecule has 0 aromatic heterocycles. The molecule has 0 saturated heterocycles. The first-order valence-corrected chi connectivity index (χ1v) is 4.12. The maximum atomic E-state index is 5.53. The summed E-state index contributed by atoms with van der Waals surface area (Å²) >= 11 is 0. The third-order valence-corrected chi connectivity index (χ3v) is 1.11. The molecule has 0 atom stereocenters. The smallest absolute Gasteiger partial charge is 0.257 e. The van der Waals surface area contributed by atoms with E-state index in [-0.39, 0.29) is 5.96 Å². The molecule has 5 heteroatoms. The molecule has 0 unspecified atom stereocenters. The van der Waals surface area contributed by atoms with Crippen molar-refractivity contribution in [2.75, 3.05) is 19.8 Å². The predicted octanol–water partition coefficient (Wildman–Crippen LogP) is 0.526. The van der Waals surface area contributed by atoms with Crippen molar-refractivity contribution in [2.45, 2.75) is 20.8 Å². The van der Waals surface area contributed by atoms with Gasteiger partial charge < -0.3 is 10.6 Å². The molecule has 0 aromatic carbocycles. The monoisotopic (exact) mass is 175 g/mol. The summed E-state index contributed by atoms with van der Waals surface area (Å²) in [5, 5.41) is 5.11. The Labute approximate surface area is 73.1 Å². The van der Waals surface area contributed by atoms with Gasteiger partial charge in [0.1, 0.15) is 6.61 Å². The molecule has 0 radical (unpaired) electrons. The highest BCUT2D eigenvalue weighted by Crippen LogP contribution is 1.89. The molecule has 2 N–H and O–H groups in total. The van der Waals surface area contributed by atoms with Crippen LogP contribution in [0.3, 0.4) is 0 Å². The lowest BCUT2D eigenvalue weighted by atomic mass is 10.7. The number of oxime groups is 1. The minimum absolute atomic E-state index is 0.251. The Balaban J connectivity index is 3.91. The van der Waals surface area contributed by atoms with Gasteiger partial charge in [-0.15, -0.1) is 0 Å². The second-order valence-electron chi connectivity index (χ2n) is 1.98. The molecule has 0 bridgehead atoms. The molecule has 12 heavy (non-hydrogen) atoms. The van der Waals surface area contributed by atoms with E-state index in [1.165, 1.54) is 5.06 Å². The summed E-state index contributed by atoms with van der Waals surface area (Å²) in [5.41, 5.74) is 5.53. The number of hydrogen-bond donors (Lipinski definition) is 1. The van der Waals surface area contributed by atoms with Gasteiger partial charge in [0.25, 0.3) is 5.96 Å². The first kappa shape index (κ1) is 11.0. The topological polar surface area (TPSA) is 60.1 Å². The Morgan fingerprint density at radius 2 is 2.00 bits per heavy atom. The van der Waals surface area contributed by atoms with Crippen molar-refractivity contribution < 1.29 is 9.68 Å². The van der Waals surface area contributed by atoms with E-state index in [1.807, 2.05) is 20.8 Å². The fraction of sp³-hybridized carbons (Fsp3) is 0.857. The Kier molecular flexibility index (Phi) is 6.18. The van der Waals surface area contributed by atoms with Gasteiger partial charge in [-0.25, -0.2) is 5.06 Å². The van der Waals surface area contributed by atoms with Gasteiger partial charge in [0.2, 0.25) is 0 Å². The summed E-state index contributed by atoms with van der Waals surface area (Å²) in [7, 11) is 0. The van der Waals surface area contributed by atoms with E-state index in [0.717, 1.165) is 0 Å². The van der Waals surface area contributed by atoms with Crippen molar-refractivity contribution in [1.29, 1.82) is 0 Å². The summed E-state index contributed by atoms with van der Waals surface area (Å²) < 4.78 is 0. The fourth-order valence-electron chi connectivity index (χ4n) is 0.651. The van der Waals surface area contributed by atoms with Gasteiger partial charge in [-0.1, -0.05) is 0 Å². The molecule has 5 nitrogen and oxygen atoms in total. The predicted molar refractivity (Wildman–Crippen MR) is 47.3 cm³/mol. The fourth-order valence-corrected chi connectivity index (χ4v) is 0.651. The van der Waals surface area contributed by atoms with Crippen molar-refractivity contribution in [1.82, 2.24) is 5.06 Å². The van der Waals surface area contributed by atoms with Crippen LogP contribution in [0, 0.1) is 0 Å². The quantitative estimate of drug-likeness (QED) is 0.376. The zero-order chi connectivity index (χ0) is 9.40. The molecule has 0 fully saturated rings. The number of hydrogen-bond acceptors (Lipinski definition) is 3. The molecule has 0 rings (SSSR count). The summed E-state index contributed by atoms with van der Waals surface area (Å²) in [6.07, 6.45) is 0. The lowest BCUT2D eigenvalue weighted by Crippen LogP contribution is -2.37. The van der Waals surface area contributed by atoms with Crippen LogP contribution in [0.5, 0.6) is 0 Å². The van der Waals surface area contributed by atoms with Gasteiger partial charge in [-0.3, -0.25) is 4.84 Å². The number of nitrogens with zero attached hydrogens (tertiary/aromatic N) is 2. The van der Waals surface area contributed by atoms with Gasteiger partial charge in [-0.05, 0) is 25.9 Å². The first-order chi connectivity index (χ1) is 5.76. The molecular formula is C7H17N3O2. The van der Waals surface area contributed by atoms with E-state index in [0.29, 0.717) is 19.8 Å². The second-order valence-corrected chi connectivity index (χ2v) is 1.98. The molecule has 0 aliphatic rings. The Morgan fingerprint density at radius 1 is 1.33 bits per heavy atom. The Morgan fingerprint density at radius 3 is 2.42 bits per heavy atom. The number of hydroxylamine groups is 2. The molecule has 0 aliphatic carbocycles. The normalized spacial score (nSPS) is 11.4. The van der Waals surface area contributed by atoms with E-state index in [9.17, 15) is 0 Å². The molecule has 0 aromatic rings. The van der Waals surface area contributed by atoms with Gasteiger partial charge in [0, 0.05) is 6.54 Å². The van der Waals surface area contributed by atoms with Crippen molar-refractivity contribution in [2.24, 2.45) is 10.9 Å². The highest BCUT2D eigenvalue weighted by molar-refractivity contribution is 5.76. The molecule has 0 saturated carbocycles. The van der Waals surface area contributed by atoms with Crippen molar-refractivity contribution in [3.05, 3.63) is 0 Å². The average Bonchev–Trinajstić information content (AvgIpc) is 2.10. The van der Waals surface area contributed by atoms with Crippen molar-refractivity contribution >= 4 is 5.96 Å². The number of rotatable bonds is 5. The van der Waals surface area contributed by atoms with E-state index < -0.39 is 0 Å². The minimum atomic E-state index is 0.251. The van der Waals surface area contributed by atoms with Crippen LogP contribution >= 0.6 is 0 Å². The largest absolute Gasteiger partial charge is 0.393 e. The SMILES string of the molecule is CCON=C(N)N(CC)OCC. The first-order valence-electron chi connectivity index (χ1n) is 4.12. The van der Waals surface area contributed by atoms with Crippen LogP contribution in [-0.4, -0.2) is 30.8 Å². The van der Waals surface area contributed by atoms with Crippen LogP contribution < -0.4 is 5.73 Å². The van der Waals surface area contributed by atoms with Crippen LogP contribution in [0.25, 0.3) is 0 Å². The van der Waals surface area contributed by atoms with Crippen molar-refractivity contribution in [3.8, 4) is 0 Å². The van der Waals surface area contributed by atoms with Gasteiger partial charge in [0.15, 0.2) is 0 Å². The highest BCUT2D eigenvalue weighted by atomic mass is 16.7. The lowest BCUT2D eigenvalue weighted by molar-refractivity contribution is -0.0936. The van der Waals surface area contributed by atoms with E-state index in [1.54, 1.807) is 0 Å². The maximum absolute atomic E-state index is 5.53. The zero-order valence-corrected chi connectivity index (χ0v) is 7.91. The van der Waals surface area contributed by atoms with Crippen LogP contribution in [0.4, 0.5) is 0 Å². The summed E-state index contributed by atoms with van der Waals surface area (Å²) in [6, 6.07) is 0. The van der Waals surface area contributed by atoms with Crippen LogP contribution in [0.1, 0.15) is 20.8 Å². The summed E-state index contributed by atoms with van der Waals surface area (Å²) in [6.45, 7) is 7.37. The molecule has 72 valence electrons. The third-order valence-electron chi connectivity index (χ3n) is 1.11. The standard InChI is InChI=1S/C7H17N3O2/c1-4-10(12-6-3)7(8)9-11-5-2/h4-6H2,1-3H3,(H2,8,9). The Hall–Kier alpha value is -0.970. The molecule has 0 amide bonds. The van der Waals surface area contributed by atoms with Crippen LogP contribution in [0.15, 0.2) is 5.16 Å². The van der Waals surface area contributed by atoms with Crippen LogP contribution in [-0.2, 0) is 9.68 Å². The molecule has 0 aliphatic heterocycles. The van der Waals surface area contributed by atoms with Gasteiger partial charge in [0.05, 0.1) is 6.61 Å². The molecular weight excluding hydrogens is 158 g/mol. The summed E-state index contributed by atoms with van der Waals surface area (Å²) in [5.74, 6) is 0.251. The summed E-state index contributed by atoms with van der Waals surface area (Å²) in [4.78, 5) is 9.91. The minimum Gasteiger partial charge on any atom is -0.393 e. The highest BCUT2D eigenvalue weighted by Gasteiger charge is 2.04. The van der Waals surface area contributed by atoms with E-state index in [2.05, 4.69) is 5.16 Å².